The van der Waals surface area contributed by atoms with Crippen LogP contribution < -0.4 is 16.0 Å². The summed E-state index contributed by atoms with van der Waals surface area (Å²) in [7, 11) is 0. The van der Waals surface area contributed by atoms with E-state index < -0.39 is 59.4 Å². The molecule has 3 aromatic rings. The highest BCUT2D eigenvalue weighted by atomic mass is 32.1. The van der Waals surface area contributed by atoms with Crippen LogP contribution in [0.4, 0.5) is 0 Å². The van der Waals surface area contributed by atoms with Gasteiger partial charge < -0.3 is 30.3 Å². The van der Waals surface area contributed by atoms with E-state index in [-0.39, 0.29) is 42.4 Å². The molecule has 3 N–H and O–H groups in total. The van der Waals surface area contributed by atoms with Gasteiger partial charge in [-0.3, -0.25) is 28.8 Å². The first-order valence-electron chi connectivity index (χ1n) is 17.9. The zero-order chi connectivity index (χ0) is 38.1. The summed E-state index contributed by atoms with van der Waals surface area (Å²) in [5.41, 5.74) is 0.860. The highest BCUT2D eigenvalue weighted by molar-refractivity contribution is 7.13. The summed E-state index contributed by atoms with van der Waals surface area (Å²) in [6.45, 7) is 7.99. The van der Waals surface area contributed by atoms with Crippen molar-refractivity contribution >= 4 is 47.2 Å². The second kappa shape index (κ2) is 17.7. The molecule has 282 valence electrons. The molecule has 2 unspecified atom stereocenters. The number of nitrogens with one attached hydrogen (secondary N) is 3. The topological polar surface area (TPSA) is 176 Å². The molecule has 2 aliphatic heterocycles. The van der Waals surface area contributed by atoms with Crippen molar-refractivity contribution in [2.75, 3.05) is 6.61 Å². The smallest absolute Gasteiger partial charge is 0.293 e. The molecule has 2 saturated heterocycles. The Bertz CT molecular complexity index is 1760. The minimum Gasteiger partial charge on any atom is -0.460 e. The lowest BCUT2D eigenvalue weighted by molar-refractivity contribution is -0.142. The van der Waals surface area contributed by atoms with Crippen LogP contribution >= 0.6 is 11.3 Å². The van der Waals surface area contributed by atoms with Crippen LogP contribution in [0, 0.1) is 5.92 Å². The average molecular weight is 746 g/mol. The molecule has 13 nitrogen and oxygen atoms in total. The highest BCUT2D eigenvalue weighted by Gasteiger charge is 2.51. The number of thiazole rings is 1. The number of amides is 4. The van der Waals surface area contributed by atoms with Crippen LogP contribution in [-0.4, -0.2) is 88.2 Å². The number of epoxide rings is 1. The van der Waals surface area contributed by atoms with Gasteiger partial charge in [-0.05, 0) is 56.6 Å². The molecule has 6 atom stereocenters. The standard InChI is InChI=1S/C39H47N5O8S/c1-24(2)17-29(34(46)39(4)22-52-39)42-36(48)31(19-27-13-9-6-10-14-27)44-25(3)18-30(38(44)50)43-35(47)28(16-15-26-11-7-5-8-12-26)41-37(49)32-20-40-33(53-32)21-51-23-45/h5-14,20,23-25,28-31H,15-19,21-22H2,1-4H3,(H,41,49)(H,42,48)(H,43,47)/t25?,28-,29-,30-,31-,39?/m0/s1. The van der Waals surface area contributed by atoms with Gasteiger partial charge in [0, 0.05) is 12.5 Å². The lowest BCUT2D eigenvalue weighted by Gasteiger charge is -2.33. The van der Waals surface area contributed by atoms with Crippen LogP contribution in [0.5, 0.6) is 0 Å². The molecule has 4 amide bonds. The van der Waals surface area contributed by atoms with E-state index in [4.69, 9.17) is 9.47 Å². The molecule has 2 fully saturated rings. The van der Waals surface area contributed by atoms with E-state index in [1.807, 2.05) is 81.4 Å². The third kappa shape index (κ3) is 10.4. The minimum atomic E-state index is -1.01. The second-order valence-corrected chi connectivity index (χ2v) is 15.4. The molecule has 53 heavy (non-hydrogen) atoms. The first kappa shape index (κ1) is 39.3. The number of carbonyl (C=O) groups is 6. The Hall–Kier alpha value is -4.95. The van der Waals surface area contributed by atoms with Crippen molar-refractivity contribution in [3.63, 3.8) is 0 Å². The van der Waals surface area contributed by atoms with E-state index in [0.717, 1.165) is 22.5 Å². The maximum Gasteiger partial charge on any atom is 0.293 e. The summed E-state index contributed by atoms with van der Waals surface area (Å²) in [6.07, 6.45) is 2.91. The van der Waals surface area contributed by atoms with Gasteiger partial charge in [0.2, 0.25) is 17.7 Å². The second-order valence-electron chi connectivity index (χ2n) is 14.2. The van der Waals surface area contributed by atoms with Crippen LogP contribution in [0.3, 0.4) is 0 Å². The molecule has 2 aliphatic rings. The SMILES string of the molecule is CC(C)C[C@H](NC(=O)[C@H](Cc1ccccc1)N1C(=O)[C@@H](NC(=O)[C@H](CCc2ccccc2)NC(=O)c2cnc(COC=O)s2)CC1C)C(=O)C1(C)CO1. The molecule has 0 saturated carbocycles. The normalized spacial score (nSPS) is 21.0. The first-order valence-corrected chi connectivity index (χ1v) is 18.7. The molecule has 5 rings (SSSR count). The van der Waals surface area contributed by atoms with Gasteiger partial charge in [0.05, 0.1) is 18.8 Å². The van der Waals surface area contributed by atoms with Crippen molar-refractivity contribution in [2.45, 2.75) is 102 Å². The first-order chi connectivity index (χ1) is 25.4. The lowest BCUT2D eigenvalue weighted by Crippen LogP contribution is -2.57. The average Bonchev–Trinajstić information content (AvgIpc) is 3.60. The molecule has 0 aliphatic carbocycles. The van der Waals surface area contributed by atoms with Crippen LogP contribution in [0.2, 0.25) is 0 Å². The third-order valence-corrected chi connectivity index (χ3v) is 10.5. The van der Waals surface area contributed by atoms with E-state index in [1.54, 1.807) is 6.92 Å². The quantitative estimate of drug-likeness (QED) is 0.123. The summed E-state index contributed by atoms with van der Waals surface area (Å²) < 4.78 is 10.2. The van der Waals surface area contributed by atoms with Gasteiger partial charge in [0.25, 0.3) is 12.4 Å². The van der Waals surface area contributed by atoms with Crippen molar-refractivity contribution in [2.24, 2.45) is 5.92 Å². The summed E-state index contributed by atoms with van der Waals surface area (Å²) in [4.78, 5) is 85.4. The number of aromatic nitrogens is 1. The molecular weight excluding hydrogens is 699 g/mol. The molecule has 1 aromatic heterocycles. The Morgan fingerprint density at radius 3 is 2.30 bits per heavy atom. The Kier molecular flexibility index (Phi) is 13.1. The van der Waals surface area contributed by atoms with Crippen LogP contribution in [0.15, 0.2) is 66.9 Å². The van der Waals surface area contributed by atoms with Gasteiger partial charge in [-0.15, -0.1) is 11.3 Å². The van der Waals surface area contributed by atoms with Gasteiger partial charge in [-0.25, -0.2) is 4.98 Å². The number of hydrogen-bond donors (Lipinski definition) is 3. The predicted molar refractivity (Wildman–Crippen MR) is 197 cm³/mol. The van der Waals surface area contributed by atoms with E-state index in [0.29, 0.717) is 30.9 Å². The van der Waals surface area contributed by atoms with Crippen molar-refractivity contribution in [3.8, 4) is 0 Å². The Morgan fingerprint density at radius 1 is 1.02 bits per heavy atom. The molecule has 14 heteroatoms. The maximum absolute atomic E-state index is 14.2. The number of nitrogens with zero attached hydrogens (tertiary/aromatic N) is 2. The Balaban J connectivity index is 1.34. The van der Waals surface area contributed by atoms with E-state index in [9.17, 15) is 28.8 Å². The number of ketones is 1. The number of likely N-dealkylation sites (tertiary alicyclic amines) is 1. The zero-order valence-electron chi connectivity index (χ0n) is 30.4. The predicted octanol–water partition coefficient (Wildman–Crippen LogP) is 3.15. The van der Waals surface area contributed by atoms with Crippen LogP contribution in [-0.2, 0) is 52.9 Å². The van der Waals surface area contributed by atoms with E-state index in [1.165, 1.54) is 11.1 Å². The summed E-state index contributed by atoms with van der Waals surface area (Å²) in [5.74, 6) is -2.05. The van der Waals surface area contributed by atoms with Crippen molar-refractivity contribution < 1.29 is 38.2 Å². The van der Waals surface area contributed by atoms with E-state index in [2.05, 4.69) is 20.9 Å². The Labute approximate surface area is 313 Å². The monoisotopic (exact) mass is 745 g/mol. The van der Waals surface area contributed by atoms with Gasteiger partial charge in [-0.2, -0.15) is 0 Å². The van der Waals surface area contributed by atoms with Gasteiger partial charge >= 0.3 is 0 Å². The van der Waals surface area contributed by atoms with Gasteiger partial charge in [0.1, 0.15) is 40.2 Å². The molecule has 0 bridgehead atoms. The lowest BCUT2D eigenvalue weighted by atomic mass is 9.92. The fraction of sp³-hybridized carbons (Fsp3) is 0.462. The maximum atomic E-state index is 14.2. The highest BCUT2D eigenvalue weighted by Crippen LogP contribution is 2.30. The van der Waals surface area contributed by atoms with Crippen LogP contribution in [0.25, 0.3) is 0 Å². The van der Waals surface area contributed by atoms with Gasteiger partial charge in [0.15, 0.2) is 5.78 Å². The summed E-state index contributed by atoms with van der Waals surface area (Å²) in [6, 6.07) is 14.7. The van der Waals surface area contributed by atoms with Gasteiger partial charge in [-0.1, -0.05) is 74.5 Å². The minimum absolute atomic E-state index is 0.0797. The van der Waals surface area contributed by atoms with Crippen molar-refractivity contribution in [1.29, 1.82) is 0 Å². The Morgan fingerprint density at radius 2 is 1.68 bits per heavy atom. The number of Topliss-reactive ketones (excluding diaryl/α,β-unsaturated/α-hetero) is 1. The van der Waals surface area contributed by atoms with Crippen molar-refractivity contribution in [1.82, 2.24) is 25.8 Å². The van der Waals surface area contributed by atoms with E-state index >= 15 is 0 Å². The summed E-state index contributed by atoms with van der Waals surface area (Å²) in [5, 5.41) is 9.05. The van der Waals surface area contributed by atoms with Crippen molar-refractivity contribution in [3.05, 3.63) is 87.9 Å². The number of benzene rings is 2. The fourth-order valence-corrected chi connectivity index (χ4v) is 7.34. The number of rotatable bonds is 19. The fourth-order valence-electron chi connectivity index (χ4n) is 6.59. The summed E-state index contributed by atoms with van der Waals surface area (Å²) >= 11 is 1.04. The molecule has 2 aromatic carbocycles. The largest absolute Gasteiger partial charge is 0.460 e. The number of hydrogen-bond acceptors (Lipinski definition) is 10. The molecular formula is C39H47N5O8S. The molecule has 0 spiro atoms. The number of aryl methyl sites for hydroxylation is 1. The number of carbonyl (C=O) groups excluding carboxylic acids is 6. The zero-order valence-corrected chi connectivity index (χ0v) is 31.2. The third-order valence-electron chi connectivity index (χ3n) is 9.51. The molecule has 3 heterocycles. The molecule has 0 radical (unpaired) electrons. The van der Waals surface area contributed by atoms with Crippen LogP contribution in [0.1, 0.15) is 72.8 Å². The number of ether oxygens (including phenoxy) is 2.